The molecule has 0 saturated carbocycles. The van der Waals surface area contributed by atoms with Crippen molar-refractivity contribution < 1.29 is 4.79 Å². The molecule has 1 amide bonds. The van der Waals surface area contributed by atoms with E-state index in [9.17, 15) is 4.79 Å². The molecule has 0 aliphatic rings. The van der Waals surface area contributed by atoms with Crippen LogP contribution in [0.2, 0.25) is 0 Å². The highest BCUT2D eigenvalue weighted by Gasteiger charge is 2.12. The van der Waals surface area contributed by atoms with Crippen LogP contribution < -0.4 is 5.32 Å². The molecule has 0 radical (unpaired) electrons. The Morgan fingerprint density at radius 3 is 2.72 bits per heavy atom. The minimum atomic E-state index is 0.105. The SMILES string of the molecule is CCN(C)C(=O)CNCc1c(Br)c(C)nn1CC. The van der Waals surface area contributed by atoms with Crippen molar-refractivity contribution in [1.82, 2.24) is 20.0 Å². The minimum absolute atomic E-state index is 0.105. The van der Waals surface area contributed by atoms with Gasteiger partial charge in [-0.25, -0.2) is 0 Å². The van der Waals surface area contributed by atoms with Crippen molar-refractivity contribution in [1.29, 1.82) is 0 Å². The fourth-order valence-corrected chi connectivity index (χ4v) is 2.06. The number of halogens is 1. The van der Waals surface area contributed by atoms with Gasteiger partial charge in [0.15, 0.2) is 0 Å². The number of carbonyl (C=O) groups is 1. The molecule has 0 bridgehead atoms. The monoisotopic (exact) mass is 316 g/mol. The number of hydrogen-bond donors (Lipinski definition) is 1. The van der Waals surface area contributed by atoms with Crippen molar-refractivity contribution in [3.63, 3.8) is 0 Å². The number of carbonyl (C=O) groups excluding carboxylic acids is 1. The number of aryl methyl sites for hydroxylation is 2. The first-order valence-electron chi connectivity index (χ1n) is 6.17. The molecule has 1 rings (SSSR count). The molecule has 0 atom stereocenters. The maximum absolute atomic E-state index is 11.6. The summed E-state index contributed by atoms with van der Waals surface area (Å²) in [5, 5.41) is 7.58. The number of rotatable bonds is 6. The van der Waals surface area contributed by atoms with Crippen LogP contribution in [0.5, 0.6) is 0 Å². The Balaban J connectivity index is 2.56. The predicted molar refractivity (Wildman–Crippen MR) is 75.4 cm³/mol. The van der Waals surface area contributed by atoms with E-state index in [2.05, 4.69) is 33.3 Å². The van der Waals surface area contributed by atoms with Crippen LogP contribution in [0.1, 0.15) is 25.2 Å². The summed E-state index contributed by atoms with van der Waals surface area (Å²) in [4.78, 5) is 13.3. The zero-order valence-electron chi connectivity index (χ0n) is 11.5. The summed E-state index contributed by atoms with van der Waals surface area (Å²) >= 11 is 3.53. The standard InChI is InChI=1S/C12H21BrN4O/c1-5-16(4)11(18)8-14-7-10-12(13)9(3)15-17(10)6-2/h14H,5-8H2,1-4H3. The van der Waals surface area contributed by atoms with Crippen LogP contribution in [0.4, 0.5) is 0 Å². The highest BCUT2D eigenvalue weighted by Crippen LogP contribution is 2.20. The van der Waals surface area contributed by atoms with Crippen LogP contribution in [0, 0.1) is 6.92 Å². The second-order valence-electron chi connectivity index (χ2n) is 4.17. The lowest BCUT2D eigenvalue weighted by Crippen LogP contribution is -2.35. The minimum Gasteiger partial charge on any atom is -0.345 e. The van der Waals surface area contributed by atoms with Crippen molar-refractivity contribution in [2.75, 3.05) is 20.1 Å². The van der Waals surface area contributed by atoms with Gasteiger partial charge in [0.1, 0.15) is 0 Å². The molecular weight excluding hydrogens is 296 g/mol. The van der Waals surface area contributed by atoms with Gasteiger partial charge in [-0.2, -0.15) is 5.10 Å². The normalized spacial score (nSPS) is 10.7. The molecule has 102 valence electrons. The summed E-state index contributed by atoms with van der Waals surface area (Å²) in [6.07, 6.45) is 0. The first kappa shape index (κ1) is 15.2. The van der Waals surface area contributed by atoms with Crippen LogP contribution in [-0.2, 0) is 17.9 Å². The molecule has 0 aromatic carbocycles. The summed E-state index contributed by atoms with van der Waals surface area (Å²) in [5.74, 6) is 0.105. The number of likely N-dealkylation sites (N-methyl/N-ethyl adjacent to an activating group) is 1. The van der Waals surface area contributed by atoms with E-state index in [-0.39, 0.29) is 5.91 Å². The molecule has 1 heterocycles. The molecule has 1 aromatic heterocycles. The molecule has 0 aliphatic heterocycles. The van der Waals surface area contributed by atoms with Crippen molar-refractivity contribution in [3.8, 4) is 0 Å². The van der Waals surface area contributed by atoms with Gasteiger partial charge in [0.25, 0.3) is 0 Å². The van der Waals surface area contributed by atoms with E-state index in [0.717, 1.165) is 29.0 Å². The van der Waals surface area contributed by atoms with Gasteiger partial charge >= 0.3 is 0 Å². The number of hydrogen-bond acceptors (Lipinski definition) is 3. The maximum Gasteiger partial charge on any atom is 0.236 e. The topological polar surface area (TPSA) is 50.2 Å². The Hall–Kier alpha value is -0.880. The van der Waals surface area contributed by atoms with Gasteiger partial charge in [0.2, 0.25) is 5.91 Å². The second-order valence-corrected chi connectivity index (χ2v) is 4.97. The Bertz CT molecular complexity index is 416. The van der Waals surface area contributed by atoms with Crippen LogP contribution in [-0.4, -0.2) is 40.7 Å². The van der Waals surface area contributed by atoms with E-state index in [1.165, 1.54) is 0 Å². The highest BCUT2D eigenvalue weighted by molar-refractivity contribution is 9.10. The fraction of sp³-hybridized carbons (Fsp3) is 0.667. The van der Waals surface area contributed by atoms with Crippen LogP contribution in [0.3, 0.4) is 0 Å². The van der Waals surface area contributed by atoms with Crippen molar-refractivity contribution >= 4 is 21.8 Å². The average Bonchev–Trinajstić information content (AvgIpc) is 2.65. The molecule has 1 N–H and O–H groups in total. The van der Waals surface area contributed by atoms with E-state index in [0.29, 0.717) is 13.1 Å². The summed E-state index contributed by atoms with van der Waals surface area (Å²) in [6, 6.07) is 0. The molecule has 18 heavy (non-hydrogen) atoms. The van der Waals surface area contributed by atoms with Gasteiger partial charge < -0.3 is 10.2 Å². The molecule has 0 saturated heterocycles. The van der Waals surface area contributed by atoms with Crippen LogP contribution >= 0.6 is 15.9 Å². The first-order valence-corrected chi connectivity index (χ1v) is 6.97. The number of nitrogens with one attached hydrogen (secondary N) is 1. The molecule has 5 nitrogen and oxygen atoms in total. The third kappa shape index (κ3) is 3.55. The molecular formula is C12H21BrN4O. The lowest BCUT2D eigenvalue weighted by molar-refractivity contribution is -0.128. The van der Waals surface area contributed by atoms with Gasteiger partial charge in [0, 0.05) is 26.7 Å². The Labute approximate surface area is 117 Å². The van der Waals surface area contributed by atoms with E-state index in [1.54, 1.807) is 11.9 Å². The van der Waals surface area contributed by atoms with E-state index in [1.807, 2.05) is 18.5 Å². The second kappa shape index (κ2) is 6.89. The molecule has 0 fully saturated rings. The summed E-state index contributed by atoms with van der Waals surface area (Å²) < 4.78 is 2.97. The third-order valence-electron chi connectivity index (χ3n) is 2.92. The summed E-state index contributed by atoms with van der Waals surface area (Å²) in [5.41, 5.74) is 2.06. The van der Waals surface area contributed by atoms with Crippen molar-refractivity contribution in [2.24, 2.45) is 0 Å². The number of amides is 1. The Kier molecular flexibility index (Phi) is 5.81. The molecule has 0 aliphatic carbocycles. The molecule has 0 spiro atoms. The predicted octanol–water partition coefficient (Wildman–Crippen LogP) is 1.54. The molecule has 0 unspecified atom stereocenters. The van der Waals surface area contributed by atoms with Gasteiger partial charge in [0.05, 0.1) is 22.4 Å². The van der Waals surface area contributed by atoms with Gasteiger partial charge in [-0.3, -0.25) is 9.48 Å². The lowest BCUT2D eigenvalue weighted by atomic mass is 10.3. The van der Waals surface area contributed by atoms with E-state index in [4.69, 9.17) is 0 Å². The smallest absolute Gasteiger partial charge is 0.236 e. The largest absolute Gasteiger partial charge is 0.345 e. The highest BCUT2D eigenvalue weighted by atomic mass is 79.9. The van der Waals surface area contributed by atoms with Gasteiger partial charge in [-0.05, 0) is 36.7 Å². The summed E-state index contributed by atoms with van der Waals surface area (Å²) in [7, 11) is 1.81. The Morgan fingerprint density at radius 2 is 2.17 bits per heavy atom. The van der Waals surface area contributed by atoms with E-state index >= 15 is 0 Å². The van der Waals surface area contributed by atoms with Crippen molar-refractivity contribution in [2.45, 2.75) is 33.9 Å². The fourth-order valence-electron chi connectivity index (χ4n) is 1.64. The summed E-state index contributed by atoms with van der Waals surface area (Å²) in [6.45, 7) is 8.53. The van der Waals surface area contributed by atoms with Gasteiger partial charge in [-0.15, -0.1) is 0 Å². The average molecular weight is 317 g/mol. The Morgan fingerprint density at radius 1 is 1.50 bits per heavy atom. The molecule has 1 aromatic rings. The quantitative estimate of drug-likeness (QED) is 0.866. The number of aromatic nitrogens is 2. The zero-order valence-corrected chi connectivity index (χ0v) is 13.0. The van der Waals surface area contributed by atoms with Crippen molar-refractivity contribution in [3.05, 3.63) is 15.9 Å². The number of nitrogens with zero attached hydrogens (tertiary/aromatic N) is 3. The van der Waals surface area contributed by atoms with Crippen LogP contribution in [0.25, 0.3) is 0 Å². The zero-order chi connectivity index (χ0) is 13.7. The molecule has 6 heteroatoms. The van der Waals surface area contributed by atoms with Gasteiger partial charge in [-0.1, -0.05) is 0 Å². The van der Waals surface area contributed by atoms with Crippen LogP contribution in [0.15, 0.2) is 4.47 Å². The lowest BCUT2D eigenvalue weighted by Gasteiger charge is -2.15. The maximum atomic E-state index is 11.6. The van der Waals surface area contributed by atoms with E-state index < -0.39 is 0 Å². The first-order chi connectivity index (χ1) is 8.51. The third-order valence-corrected chi connectivity index (χ3v) is 3.95.